The van der Waals surface area contributed by atoms with E-state index in [1.165, 1.54) is 25.7 Å². The second-order valence-electron chi connectivity index (χ2n) is 11.1. The number of aromatic nitrogens is 2. The fourth-order valence-corrected chi connectivity index (χ4v) is 5.28. The Balaban J connectivity index is 1.48. The van der Waals surface area contributed by atoms with Crippen molar-refractivity contribution in [3.05, 3.63) is 46.7 Å². The zero-order chi connectivity index (χ0) is 26.4. The summed E-state index contributed by atoms with van der Waals surface area (Å²) in [6.45, 7) is 10.4. The van der Waals surface area contributed by atoms with Gasteiger partial charge in [0.15, 0.2) is 0 Å². The zero-order valence-electron chi connectivity index (χ0n) is 22.3. The van der Waals surface area contributed by atoms with Crippen LogP contribution in [0.3, 0.4) is 0 Å². The fourth-order valence-electron chi connectivity index (χ4n) is 5.16. The number of benzene rings is 1. The van der Waals surface area contributed by atoms with Crippen LogP contribution in [0.25, 0.3) is 5.69 Å². The maximum Gasteiger partial charge on any atom is 0.410 e. The number of hydrogen-bond acceptors (Lipinski definition) is 5. The third kappa shape index (κ3) is 7.48. The van der Waals surface area contributed by atoms with Gasteiger partial charge < -0.3 is 19.9 Å². The Morgan fingerprint density at radius 1 is 1.03 bits per heavy atom. The van der Waals surface area contributed by atoms with Crippen molar-refractivity contribution in [1.29, 1.82) is 0 Å². The highest BCUT2D eigenvalue weighted by Gasteiger charge is 2.32. The van der Waals surface area contributed by atoms with Gasteiger partial charge in [-0.2, -0.15) is 5.10 Å². The maximum absolute atomic E-state index is 13.4. The van der Waals surface area contributed by atoms with Gasteiger partial charge in [-0.3, -0.25) is 4.79 Å². The summed E-state index contributed by atoms with van der Waals surface area (Å²) in [6.07, 6.45) is 7.89. The lowest BCUT2D eigenvalue weighted by atomic mass is 9.91. The number of hydrogen-bond donors (Lipinski definition) is 1. The van der Waals surface area contributed by atoms with Crippen molar-refractivity contribution < 1.29 is 14.3 Å². The van der Waals surface area contributed by atoms with E-state index in [-0.39, 0.29) is 17.9 Å². The van der Waals surface area contributed by atoms with E-state index < -0.39 is 5.60 Å². The van der Waals surface area contributed by atoms with Crippen molar-refractivity contribution in [2.75, 3.05) is 39.3 Å². The molecule has 2 saturated heterocycles. The van der Waals surface area contributed by atoms with Gasteiger partial charge in [-0.15, -0.1) is 0 Å². The van der Waals surface area contributed by atoms with Crippen molar-refractivity contribution in [2.45, 2.75) is 70.8 Å². The van der Waals surface area contributed by atoms with Gasteiger partial charge in [-0.25, -0.2) is 9.48 Å². The third-order valence-electron chi connectivity index (χ3n) is 7.07. The molecule has 2 amide bonds. The number of rotatable bonds is 6. The van der Waals surface area contributed by atoms with Gasteiger partial charge in [-0.05, 0) is 83.8 Å². The molecule has 1 aromatic heterocycles. The van der Waals surface area contributed by atoms with E-state index in [4.69, 9.17) is 16.3 Å². The number of nitrogens with zero attached hydrogens (tertiary/aromatic N) is 4. The van der Waals surface area contributed by atoms with E-state index in [2.05, 4.69) is 15.3 Å². The molecule has 0 aliphatic carbocycles. The summed E-state index contributed by atoms with van der Waals surface area (Å²) in [7, 11) is 0. The summed E-state index contributed by atoms with van der Waals surface area (Å²) in [6, 6.07) is 7.48. The van der Waals surface area contributed by atoms with Gasteiger partial charge in [0, 0.05) is 37.1 Å². The summed E-state index contributed by atoms with van der Waals surface area (Å²) in [4.78, 5) is 30.1. The van der Waals surface area contributed by atoms with Crippen molar-refractivity contribution in [3.63, 3.8) is 0 Å². The first-order valence-corrected chi connectivity index (χ1v) is 13.9. The Hall–Kier alpha value is -2.58. The number of amides is 2. The molecule has 2 aliphatic heterocycles. The van der Waals surface area contributed by atoms with Crippen molar-refractivity contribution in [1.82, 2.24) is 24.9 Å². The molecular formula is C28H40ClN5O3. The van der Waals surface area contributed by atoms with Crippen LogP contribution in [0.4, 0.5) is 4.79 Å². The van der Waals surface area contributed by atoms with Crippen LogP contribution in [0, 0.1) is 0 Å². The molecule has 2 aromatic rings. The molecule has 0 spiro atoms. The van der Waals surface area contributed by atoms with Gasteiger partial charge in [0.05, 0.1) is 23.1 Å². The lowest BCUT2D eigenvalue weighted by molar-refractivity contribution is 0.0203. The second kappa shape index (κ2) is 12.3. The number of nitrogens with one attached hydrogen (secondary N) is 1. The molecular weight excluding hydrogens is 490 g/mol. The molecule has 2 aliphatic rings. The van der Waals surface area contributed by atoms with E-state index >= 15 is 0 Å². The van der Waals surface area contributed by atoms with Crippen LogP contribution in [0.1, 0.15) is 81.3 Å². The highest BCUT2D eigenvalue weighted by Crippen LogP contribution is 2.33. The molecule has 4 rings (SSSR count). The highest BCUT2D eigenvalue weighted by molar-refractivity contribution is 6.30. The Morgan fingerprint density at radius 3 is 2.30 bits per heavy atom. The molecule has 9 heteroatoms. The summed E-state index contributed by atoms with van der Waals surface area (Å²) in [5.41, 5.74) is 1.82. The van der Waals surface area contributed by atoms with E-state index in [1.807, 2.05) is 49.7 Å². The maximum atomic E-state index is 13.4. The zero-order valence-corrected chi connectivity index (χ0v) is 23.1. The minimum Gasteiger partial charge on any atom is -0.444 e. The quantitative estimate of drug-likeness (QED) is 0.553. The van der Waals surface area contributed by atoms with Gasteiger partial charge in [0.25, 0.3) is 5.91 Å². The molecule has 2 fully saturated rings. The normalized spacial score (nSPS) is 17.9. The number of carbonyl (C=O) groups is 2. The van der Waals surface area contributed by atoms with Crippen LogP contribution in [-0.4, -0.2) is 76.5 Å². The molecule has 0 unspecified atom stereocenters. The minimum absolute atomic E-state index is 0.0863. The Bertz CT molecular complexity index is 1050. The van der Waals surface area contributed by atoms with E-state index in [0.29, 0.717) is 30.2 Å². The summed E-state index contributed by atoms with van der Waals surface area (Å²) in [5.74, 6) is -0.0113. The summed E-state index contributed by atoms with van der Waals surface area (Å²) < 4.78 is 7.42. The molecule has 1 aromatic carbocycles. The Kier molecular flexibility index (Phi) is 9.13. The Morgan fingerprint density at radius 2 is 1.68 bits per heavy atom. The van der Waals surface area contributed by atoms with Crippen LogP contribution in [-0.2, 0) is 4.74 Å². The fraction of sp³-hybridized carbons (Fsp3) is 0.607. The predicted octanol–water partition coefficient (Wildman–Crippen LogP) is 5.25. The smallest absolute Gasteiger partial charge is 0.410 e. The van der Waals surface area contributed by atoms with E-state index in [1.54, 1.807) is 11.1 Å². The standard InChI is InChI=1S/C28H40ClN5O3/c1-28(2,3)37-27(36)33-17-12-21(13-18-33)25-24(20-31-34(25)23-10-8-22(29)9-11-23)26(35)30-14-19-32-15-6-4-5-7-16-32/h8-11,20-21H,4-7,12-19H2,1-3H3,(H,30,35). The van der Waals surface area contributed by atoms with Crippen LogP contribution in [0.5, 0.6) is 0 Å². The SMILES string of the molecule is CC(C)(C)OC(=O)N1CCC(c2c(C(=O)NCCN3CCCCCC3)cnn2-c2ccc(Cl)cc2)CC1. The lowest BCUT2D eigenvalue weighted by Gasteiger charge is -2.34. The molecule has 3 heterocycles. The van der Waals surface area contributed by atoms with E-state index in [0.717, 1.165) is 43.9 Å². The summed E-state index contributed by atoms with van der Waals surface area (Å²) in [5, 5.41) is 8.40. The molecule has 0 radical (unpaired) electrons. The second-order valence-corrected chi connectivity index (χ2v) is 11.5. The number of likely N-dealkylation sites (tertiary alicyclic amines) is 2. The molecule has 1 N–H and O–H groups in total. The highest BCUT2D eigenvalue weighted by atomic mass is 35.5. The van der Waals surface area contributed by atoms with Crippen molar-refractivity contribution >= 4 is 23.6 Å². The van der Waals surface area contributed by atoms with Crippen molar-refractivity contribution in [3.8, 4) is 5.69 Å². The first kappa shape index (κ1) is 27.5. The molecule has 0 atom stereocenters. The Labute approximate surface area is 225 Å². The number of carbonyl (C=O) groups excluding carboxylic acids is 2. The average molecular weight is 530 g/mol. The first-order chi connectivity index (χ1) is 17.7. The monoisotopic (exact) mass is 529 g/mol. The predicted molar refractivity (Wildman–Crippen MR) is 146 cm³/mol. The number of ether oxygens (including phenoxy) is 1. The average Bonchev–Trinajstić information content (AvgIpc) is 3.13. The lowest BCUT2D eigenvalue weighted by Crippen LogP contribution is -2.41. The molecule has 202 valence electrons. The van der Waals surface area contributed by atoms with Crippen LogP contribution in [0.2, 0.25) is 5.02 Å². The van der Waals surface area contributed by atoms with E-state index in [9.17, 15) is 9.59 Å². The molecule has 0 saturated carbocycles. The molecule has 0 bridgehead atoms. The largest absolute Gasteiger partial charge is 0.444 e. The summed E-state index contributed by atoms with van der Waals surface area (Å²) >= 11 is 6.12. The molecule has 37 heavy (non-hydrogen) atoms. The van der Waals surface area contributed by atoms with Gasteiger partial charge >= 0.3 is 6.09 Å². The topological polar surface area (TPSA) is 79.7 Å². The van der Waals surface area contributed by atoms with Crippen LogP contribution >= 0.6 is 11.6 Å². The van der Waals surface area contributed by atoms with Crippen LogP contribution < -0.4 is 5.32 Å². The first-order valence-electron chi connectivity index (χ1n) is 13.5. The van der Waals surface area contributed by atoms with Gasteiger partial charge in [0.1, 0.15) is 5.60 Å². The third-order valence-corrected chi connectivity index (χ3v) is 7.32. The number of piperidine rings is 1. The van der Waals surface area contributed by atoms with Crippen molar-refractivity contribution in [2.24, 2.45) is 0 Å². The van der Waals surface area contributed by atoms with Crippen LogP contribution in [0.15, 0.2) is 30.5 Å². The molecule has 8 nitrogen and oxygen atoms in total. The van der Waals surface area contributed by atoms with Gasteiger partial charge in [0.2, 0.25) is 0 Å². The van der Waals surface area contributed by atoms with Gasteiger partial charge in [-0.1, -0.05) is 24.4 Å². The number of halogens is 1. The minimum atomic E-state index is -0.528.